The zero-order valence-corrected chi connectivity index (χ0v) is 7.78. The molecule has 3 heteroatoms. The number of para-hydroxylation sites is 1. The maximum atomic E-state index is 4.29. The van der Waals surface area contributed by atoms with Gasteiger partial charge in [0.25, 0.3) is 0 Å². The minimum absolute atomic E-state index is 0.992. The van der Waals surface area contributed by atoms with Gasteiger partial charge in [0.1, 0.15) is 6.33 Å². The second kappa shape index (κ2) is 2.54. The van der Waals surface area contributed by atoms with Crippen LogP contribution >= 0.6 is 0 Å². The molecule has 0 aliphatic heterocycles. The van der Waals surface area contributed by atoms with Crippen LogP contribution in [0.2, 0.25) is 0 Å². The van der Waals surface area contributed by atoms with Gasteiger partial charge in [0.15, 0.2) is 0 Å². The lowest BCUT2D eigenvalue weighted by molar-refractivity contribution is 1.15. The molecule has 0 unspecified atom stereocenters. The molecule has 3 aromatic rings. The van der Waals surface area contributed by atoms with Crippen molar-refractivity contribution in [1.29, 1.82) is 0 Å². The Kier molecular flexibility index (Phi) is 1.36. The van der Waals surface area contributed by atoms with Crippen LogP contribution in [0.3, 0.4) is 0 Å². The molecule has 0 bridgehead atoms. The van der Waals surface area contributed by atoms with Crippen LogP contribution in [0.25, 0.3) is 21.9 Å². The van der Waals surface area contributed by atoms with Crippen LogP contribution in [0.1, 0.15) is 5.69 Å². The number of hydrogen-bond donors (Lipinski definition) is 1. The zero-order valence-electron chi connectivity index (χ0n) is 7.78. The quantitative estimate of drug-likeness (QED) is 0.581. The Labute approximate surface area is 80.8 Å². The van der Waals surface area contributed by atoms with Crippen molar-refractivity contribution < 1.29 is 0 Å². The fraction of sp³-hybridized carbons (Fsp3) is 0.0909. The van der Waals surface area contributed by atoms with Crippen LogP contribution in [0, 0.1) is 6.92 Å². The summed E-state index contributed by atoms with van der Waals surface area (Å²) in [6, 6.07) is 8.16. The molecule has 3 nitrogen and oxygen atoms in total. The maximum absolute atomic E-state index is 4.29. The first-order chi connectivity index (χ1) is 6.86. The van der Waals surface area contributed by atoms with Crippen LogP contribution < -0.4 is 0 Å². The molecule has 3 rings (SSSR count). The van der Waals surface area contributed by atoms with Gasteiger partial charge in [-0.15, -0.1) is 0 Å². The highest BCUT2D eigenvalue weighted by Gasteiger charge is 2.06. The van der Waals surface area contributed by atoms with Gasteiger partial charge in [-0.2, -0.15) is 0 Å². The normalized spacial score (nSPS) is 11.2. The topological polar surface area (TPSA) is 41.6 Å². The first-order valence-corrected chi connectivity index (χ1v) is 4.54. The average molecular weight is 183 g/mol. The minimum atomic E-state index is 0.992. The largest absolute Gasteiger partial charge is 0.352 e. The molecule has 0 spiro atoms. The van der Waals surface area contributed by atoms with E-state index < -0.39 is 0 Å². The summed E-state index contributed by atoms with van der Waals surface area (Å²) in [4.78, 5) is 11.8. The van der Waals surface area contributed by atoms with Gasteiger partial charge in [0, 0.05) is 10.9 Å². The first-order valence-electron chi connectivity index (χ1n) is 4.54. The molecule has 0 aliphatic carbocycles. The number of nitrogens with zero attached hydrogens (tertiary/aromatic N) is 2. The molecule has 2 heterocycles. The number of aromatic amines is 1. The smallest absolute Gasteiger partial charge is 0.116 e. The van der Waals surface area contributed by atoms with Gasteiger partial charge in [-0.05, 0) is 13.0 Å². The lowest BCUT2D eigenvalue weighted by Crippen LogP contribution is -1.84. The SMILES string of the molecule is Cc1ncnc2c1[nH]c1ccccc12. The molecule has 1 N–H and O–H groups in total. The maximum Gasteiger partial charge on any atom is 0.116 e. The lowest BCUT2D eigenvalue weighted by Gasteiger charge is -1.91. The Bertz CT molecular complexity index is 610. The number of nitrogens with one attached hydrogen (secondary N) is 1. The molecule has 0 fully saturated rings. The van der Waals surface area contributed by atoms with Gasteiger partial charge < -0.3 is 4.98 Å². The second-order valence-corrected chi connectivity index (χ2v) is 3.35. The van der Waals surface area contributed by atoms with Crippen molar-refractivity contribution >= 4 is 21.9 Å². The van der Waals surface area contributed by atoms with E-state index in [-0.39, 0.29) is 0 Å². The standard InChI is InChI=1S/C11H9N3/c1-7-10-11(13-6-12-7)8-4-2-3-5-9(8)14-10/h2-6,14H,1H3. The summed E-state index contributed by atoms with van der Waals surface area (Å²) in [5, 5.41) is 1.16. The fourth-order valence-electron chi connectivity index (χ4n) is 1.76. The summed E-state index contributed by atoms with van der Waals surface area (Å²) in [5.41, 5.74) is 4.15. The van der Waals surface area contributed by atoms with E-state index in [1.807, 2.05) is 19.1 Å². The summed E-state index contributed by atoms with van der Waals surface area (Å²) in [5.74, 6) is 0. The van der Waals surface area contributed by atoms with Crippen LogP contribution in [-0.2, 0) is 0 Å². The van der Waals surface area contributed by atoms with E-state index in [1.165, 1.54) is 0 Å². The highest BCUT2D eigenvalue weighted by Crippen LogP contribution is 2.23. The van der Waals surface area contributed by atoms with Gasteiger partial charge >= 0.3 is 0 Å². The van der Waals surface area contributed by atoms with Gasteiger partial charge in [-0.1, -0.05) is 18.2 Å². The van der Waals surface area contributed by atoms with Crippen molar-refractivity contribution in [2.75, 3.05) is 0 Å². The van der Waals surface area contributed by atoms with E-state index in [1.54, 1.807) is 6.33 Å². The number of H-pyrrole nitrogens is 1. The Morgan fingerprint density at radius 2 is 2.00 bits per heavy atom. The Morgan fingerprint density at radius 3 is 2.93 bits per heavy atom. The van der Waals surface area contributed by atoms with Crippen molar-refractivity contribution in [2.45, 2.75) is 6.92 Å². The molecule has 1 aromatic carbocycles. The molecule has 0 radical (unpaired) electrons. The number of benzene rings is 1. The van der Waals surface area contributed by atoms with E-state index in [0.29, 0.717) is 0 Å². The summed E-state index contributed by atoms with van der Waals surface area (Å²) in [7, 11) is 0. The highest BCUT2D eigenvalue weighted by atomic mass is 14.9. The molecule has 0 amide bonds. The molecule has 2 aromatic heterocycles. The zero-order chi connectivity index (χ0) is 9.54. The van der Waals surface area contributed by atoms with Crippen molar-refractivity contribution in [3.63, 3.8) is 0 Å². The number of hydrogen-bond acceptors (Lipinski definition) is 2. The molecule has 0 atom stereocenters. The van der Waals surface area contributed by atoms with E-state index >= 15 is 0 Å². The van der Waals surface area contributed by atoms with Crippen molar-refractivity contribution in [3.05, 3.63) is 36.3 Å². The number of aryl methyl sites for hydroxylation is 1. The molecule has 0 saturated heterocycles. The van der Waals surface area contributed by atoms with Gasteiger partial charge in [0.2, 0.25) is 0 Å². The predicted octanol–water partition coefficient (Wildman–Crippen LogP) is 2.42. The Balaban J connectivity index is 2.63. The van der Waals surface area contributed by atoms with Crippen LogP contribution in [0.5, 0.6) is 0 Å². The monoisotopic (exact) mass is 183 g/mol. The summed E-state index contributed by atoms with van der Waals surface area (Å²) in [6.45, 7) is 1.99. The lowest BCUT2D eigenvalue weighted by atomic mass is 10.2. The first kappa shape index (κ1) is 7.50. The summed E-state index contributed by atoms with van der Waals surface area (Å²) < 4.78 is 0. The number of aromatic nitrogens is 3. The van der Waals surface area contributed by atoms with E-state index in [9.17, 15) is 0 Å². The third-order valence-electron chi connectivity index (χ3n) is 2.48. The third kappa shape index (κ3) is 0.865. The number of rotatable bonds is 0. The Morgan fingerprint density at radius 1 is 1.14 bits per heavy atom. The molecular weight excluding hydrogens is 174 g/mol. The van der Waals surface area contributed by atoms with E-state index in [2.05, 4.69) is 27.1 Å². The highest BCUT2D eigenvalue weighted by molar-refractivity contribution is 6.05. The van der Waals surface area contributed by atoms with Crippen LogP contribution in [0.15, 0.2) is 30.6 Å². The van der Waals surface area contributed by atoms with Crippen molar-refractivity contribution in [2.24, 2.45) is 0 Å². The van der Waals surface area contributed by atoms with Crippen molar-refractivity contribution in [1.82, 2.24) is 15.0 Å². The fourth-order valence-corrected chi connectivity index (χ4v) is 1.76. The summed E-state index contributed by atoms with van der Waals surface area (Å²) in [6.07, 6.45) is 1.61. The predicted molar refractivity (Wildman–Crippen MR) is 56.1 cm³/mol. The Hall–Kier alpha value is -1.90. The average Bonchev–Trinajstić information content (AvgIpc) is 2.59. The van der Waals surface area contributed by atoms with Crippen molar-refractivity contribution in [3.8, 4) is 0 Å². The molecule has 0 aliphatic rings. The van der Waals surface area contributed by atoms with Crippen LogP contribution in [-0.4, -0.2) is 15.0 Å². The molecule has 68 valence electrons. The second-order valence-electron chi connectivity index (χ2n) is 3.35. The minimum Gasteiger partial charge on any atom is -0.352 e. The number of fused-ring (bicyclic) bond motifs is 3. The van der Waals surface area contributed by atoms with Gasteiger partial charge in [0.05, 0.1) is 16.7 Å². The molecular formula is C11H9N3. The van der Waals surface area contributed by atoms with Gasteiger partial charge in [-0.3, -0.25) is 0 Å². The van der Waals surface area contributed by atoms with Gasteiger partial charge in [-0.25, -0.2) is 9.97 Å². The van der Waals surface area contributed by atoms with E-state index in [0.717, 1.165) is 27.6 Å². The van der Waals surface area contributed by atoms with Crippen LogP contribution in [0.4, 0.5) is 0 Å². The third-order valence-corrected chi connectivity index (χ3v) is 2.48. The molecule has 0 saturated carbocycles. The molecule has 14 heavy (non-hydrogen) atoms. The summed E-state index contributed by atoms with van der Waals surface area (Å²) >= 11 is 0. The van der Waals surface area contributed by atoms with E-state index in [4.69, 9.17) is 0 Å².